The summed E-state index contributed by atoms with van der Waals surface area (Å²) >= 11 is 1.95. The molecular formula is C22H34OS. The Morgan fingerprint density at radius 3 is 2.58 bits per heavy atom. The molecule has 0 amide bonds. The number of aryl methyl sites for hydroxylation is 1. The monoisotopic (exact) mass is 346 g/mol. The van der Waals surface area contributed by atoms with Crippen LogP contribution in [-0.2, 0) is 0 Å². The zero-order valence-electron chi connectivity index (χ0n) is 16.1. The normalized spacial score (nSPS) is 35.5. The van der Waals surface area contributed by atoms with Gasteiger partial charge in [0.05, 0.1) is 0 Å². The van der Waals surface area contributed by atoms with Crippen molar-refractivity contribution in [3.8, 4) is 5.75 Å². The van der Waals surface area contributed by atoms with Crippen molar-refractivity contribution in [1.29, 1.82) is 0 Å². The van der Waals surface area contributed by atoms with E-state index < -0.39 is 0 Å². The van der Waals surface area contributed by atoms with Gasteiger partial charge in [-0.05, 0) is 78.5 Å². The van der Waals surface area contributed by atoms with Crippen LogP contribution in [0.15, 0.2) is 23.1 Å². The summed E-state index contributed by atoms with van der Waals surface area (Å²) in [6.07, 6.45) is 6.98. The van der Waals surface area contributed by atoms with Gasteiger partial charge in [-0.2, -0.15) is 0 Å². The van der Waals surface area contributed by atoms with Gasteiger partial charge >= 0.3 is 0 Å². The highest BCUT2D eigenvalue weighted by molar-refractivity contribution is 7.99. The van der Waals surface area contributed by atoms with Gasteiger partial charge in [0.25, 0.3) is 0 Å². The van der Waals surface area contributed by atoms with Crippen molar-refractivity contribution >= 4 is 11.8 Å². The summed E-state index contributed by atoms with van der Waals surface area (Å²) < 4.78 is 0. The summed E-state index contributed by atoms with van der Waals surface area (Å²) in [5, 5.41) is 9.88. The van der Waals surface area contributed by atoms with Gasteiger partial charge < -0.3 is 5.11 Å². The number of hydrogen-bond acceptors (Lipinski definition) is 2. The second-order valence-electron chi connectivity index (χ2n) is 9.38. The van der Waals surface area contributed by atoms with Crippen LogP contribution in [-0.4, -0.2) is 10.9 Å². The molecule has 2 aliphatic rings. The van der Waals surface area contributed by atoms with Crippen molar-refractivity contribution in [3.05, 3.63) is 23.8 Å². The lowest BCUT2D eigenvalue weighted by Crippen LogP contribution is -2.51. The third-order valence-electron chi connectivity index (χ3n) is 7.19. The van der Waals surface area contributed by atoms with Crippen LogP contribution in [0.2, 0.25) is 0 Å². The Kier molecular flexibility index (Phi) is 4.99. The molecule has 2 fully saturated rings. The van der Waals surface area contributed by atoms with E-state index in [1.807, 2.05) is 23.9 Å². The summed E-state index contributed by atoms with van der Waals surface area (Å²) in [6.45, 7) is 12.1. The second-order valence-corrected chi connectivity index (χ2v) is 10.5. The number of phenolic OH excluding ortho intramolecular Hbond substituents is 1. The first-order chi connectivity index (χ1) is 11.2. The minimum atomic E-state index is 0.400. The molecular weight excluding hydrogens is 312 g/mol. The molecule has 3 rings (SSSR count). The number of hydrogen-bond donors (Lipinski definition) is 1. The Bertz CT molecular complexity index is 573. The van der Waals surface area contributed by atoms with E-state index in [1.165, 1.54) is 42.8 Å². The van der Waals surface area contributed by atoms with E-state index in [0.717, 1.165) is 23.3 Å². The van der Waals surface area contributed by atoms with Crippen LogP contribution >= 0.6 is 11.8 Å². The Labute approximate surface area is 152 Å². The van der Waals surface area contributed by atoms with E-state index >= 15 is 0 Å². The molecule has 0 bridgehead atoms. The highest BCUT2D eigenvalue weighted by Gasteiger charge is 2.53. The van der Waals surface area contributed by atoms with E-state index in [9.17, 15) is 5.11 Å². The maximum Gasteiger partial charge on any atom is 0.116 e. The highest BCUT2D eigenvalue weighted by atomic mass is 32.2. The van der Waals surface area contributed by atoms with Gasteiger partial charge in [0.1, 0.15) is 5.75 Å². The van der Waals surface area contributed by atoms with Gasteiger partial charge in [-0.3, -0.25) is 0 Å². The zero-order chi connectivity index (χ0) is 17.5. The lowest BCUT2D eigenvalue weighted by molar-refractivity contribution is -0.0850. The third-order valence-corrected chi connectivity index (χ3v) is 8.28. The van der Waals surface area contributed by atoms with Crippen molar-refractivity contribution in [2.24, 2.45) is 28.6 Å². The predicted octanol–water partition coefficient (Wildman–Crippen LogP) is 6.67. The average molecular weight is 347 g/mol. The lowest BCUT2D eigenvalue weighted by atomic mass is 9.47. The number of benzene rings is 1. The molecule has 4 atom stereocenters. The summed E-state index contributed by atoms with van der Waals surface area (Å²) in [6, 6.07) is 5.98. The maximum absolute atomic E-state index is 9.88. The predicted molar refractivity (Wildman–Crippen MR) is 105 cm³/mol. The van der Waals surface area contributed by atoms with Crippen LogP contribution in [0.5, 0.6) is 5.75 Å². The fourth-order valence-electron chi connectivity index (χ4n) is 5.96. The first kappa shape index (κ1) is 18.2. The van der Waals surface area contributed by atoms with E-state index in [2.05, 4.69) is 40.7 Å². The zero-order valence-corrected chi connectivity index (χ0v) is 16.9. The van der Waals surface area contributed by atoms with Crippen LogP contribution in [0.3, 0.4) is 0 Å². The Morgan fingerprint density at radius 1 is 1.12 bits per heavy atom. The second kappa shape index (κ2) is 6.59. The highest BCUT2D eigenvalue weighted by Crippen LogP contribution is 2.61. The van der Waals surface area contributed by atoms with Crippen molar-refractivity contribution in [2.45, 2.75) is 71.6 Å². The minimum Gasteiger partial charge on any atom is -0.508 e. The van der Waals surface area contributed by atoms with E-state index in [4.69, 9.17) is 0 Å². The van der Waals surface area contributed by atoms with Gasteiger partial charge in [0.15, 0.2) is 0 Å². The number of fused-ring (bicyclic) bond motifs is 1. The van der Waals surface area contributed by atoms with Crippen molar-refractivity contribution < 1.29 is 5.11 Å². The molecule has 134 valence electrons. The van der Waals surface area contributed by atoms with Crippen molar-refractivity contribution in [2.75, 3.05) is 5.75 Å². The summed E-state index contributed by atoms with van der Waals surface area (Å²) in [4.78, 5) is 1.22. The van der Waals surface area contributed by atoms with Crippen LogP contribution < -0.4 is 0 Å². The molecule has 0 heterocycles. The molecule has 1 N–H and O–H groups in total. The average Bonchev–Trinajstić information content (AvgIpc) is 2.44. The van der Waals surface area contributed by atoms with Gasteiger partial charge in [-0.25, -0.2) is 0 Å². The summed E-state index contributed by atoms with van der Waals surface area (Å²) in [5.74, 6) is 4.05. The number of aromatic hydroxyl groups is 1. The third kappa shape index (κ3) is 3.36. The van der Waals surface area contributed by atoms with Gasteiger partial charge in [-0.1, -0.05) is 40.5 Å². The minimum absolute atomic E-state index is 0.400. The summed E-state index contributed by atoms with van der Waals surface area (Å²) in [7, 11) is 0. The molecule has 0 aliphatic heterocycles. The molecule has 1 aromatic rings. The fraction of sp³-hybridized carbons (Fsp3) is 0.727. The molecule has 0 spiro atoms. The molecule has 0 saturated heterocycles. The van der Waals surface area contributed by atoms with Crippen LogP contribution in [0.4, 0.5) is 0 Å². The van der Waals surface area contributed by atoms with Gasteiger partial charge in [0.2, 0.25) is 0 Å². The Morgan fingerprint density at radius 2 is 1.88 bits per heavy atom. The molecule has 2 heteroatoms. The number of phenols is 1. The van der Waals surface area contributed by atoms with Gasteiger partial charge in [-0.15, -0.1) is 11.8 Å². The van der Waals surface area contributed by atoms with E-state index in [0.29, 0.717) is 16.6 Å². The number of rotatable bonds is 3. The van der Waals surface area contributed by atoms with Crippen molar-refractivity contribution in [3.63, 3.8) is 0 Å². The molecule has 24 heavy (non-hydrogen) atoms. The largest absolute Gasteiger partial charge is 0.508 e. The van der Waals surface area contributed by atoms with E-state index in [-0.39, 0.29) is 0 Å². The standard InChI is InChI=1S/C22H34OS/c1-15-11-17(23)13-18(12-15)24-14-19-16(2)7-8-20-21(3,4)9-6-10-22(19,20)5/h11-13,16,19-20,23H,6-10,14H2,1-5H3. The SMILES string of the molecule is Cc1cc(O)cc(SCC2C(C)CCC3C(C)(C)CCCC23C)c1. The number of thioether (sulfide) groups is 1. The first-order valence-electron chi connectivity index (χ1n) is 9.66. The van der Waals surface area contributed by atoms with E-state index in [1.54, 1.807) is 0 Å². The van der Waals surface area contributed by atoms with Crippen LogP contribution in [0, 0.1) is 35.5 Å². The van der Waals surface area contributed by atoms with Crippen LogP contribution in [0.1, 0.15) is 65.4 Å². The molecule has 4 unspecified atom stereocenters. The van der Waals surface area contributed by atoms with Gasteiger partial charge in [0, 0.05) is 10.6 Å². The quantitative estimate of drug-likeness (QED) is 0.617. The fourth-order valence-corrected chi connectivity index (χ4v) is 7.52. The Hall–Kier alpha value is -0.630. The lowest BCUT2D eigenvalue weighted by Gasteiger charge is -2.59. The maximum atomic E-state index is 9.88. The molecule has 0 radical (unpaired) electrons. The first-order valence-corrected chi connectivity index (χ1v) is 10.6. The smallest absolute Gasteiger partial charge is 0.116 e. The Balaban J connectivity index is 1.79. The molecule has 0 aromatic heterocycles. The molecule has 1 nitrogen and oxygen atoms in total. The molecule has 2 saturated carbocycles. The van der Waals surface area contributed by atoms with Crippen molar-refractivity contribution in [1.82, 2.24) is 0 Å². The van der Waals surface area contributed by atoms with Crippen LogP contribution in [0.25, 0.3) is 0 Å². The molecule has 1 aromatic carbocycles. The summed E-state index contributed by atoms with van der Waals surface area (Å²) in [5.41, 5.74) is 2.13. The topological polar surface area (TPSA) is 20.2 Å². The molecule has 2 aliphatic carbocycles.